The number of ether oxygens (including phenoxy) is 1. The van der Waals surface area contributed by atoms with Gasteiger partial charge in [0.1, 0.15) is 0 Å². The Balaban J connectivity index is 2.09. The van der Waals surface area contributed by atoms with Gasteiger partial charge >= 0.3 is 0 Å². The van der Waals surface area contributed by atoms with E-state index in [1.165, 1.54) is 12.8 Å². The van der Waals surface area contributed by atoms with E-state index in [-0.39, 0.29) is 5.54 Å². The predicted octanol–water partition coefficient (Wildman–Crippen LogP) is 3.17. The van der Waals surface area contributed by atoms with Gasteiger partial charge < -0.3 is 10.1 Å². The molecule has 1 N–H and O–H groups in total. The smallest absolute Gasteiger partial charge is 0.226 e. The van der Waals surface area contributed by atoms with E-state index < -0.39 is 0 Å². The minimum Gasteiger partial charge on any atom is -0.478 e. The number of nitrogens with one attached hydrogen (secondary N) is 1. The zero-order chi connectivity index (χ0) is 13.2. The molecule has 2 rings (SSSR count). The fourth-order valence-corrected chi connectivity index (χ4v) is 2.07. The van der Waals surface area contributed by atoms with Crippen molar-refractivity contribution in [3.05, 3.63) is 11.8 Å². The number of aromatic nitrogens is 2. The summed E-state index contributed by atoms with van der Waals surface area (Å²) in [7, 11) is 0. The number of rotatable bonds is 6. The van der Waals surface area contributed by atoms with Crippen molar-refractivity contribution in [1.82, 2.24) is 9.97 Å². The van der Waals surface area contributed by atoms with Gasteiger partial charge in [0.15, 0.2) is 0 Å². The van der Waals surface area contributed by atoms with Gasteiger partial charge in [-0.05, 0) is 46.0 Å². The predicted molar refractivity (Wildman–Crippen MR) is 73.0 cm³/mol. The first-order valence-electron chi connectivity index (χ1n) is 6.78. The number of aryl methyl sites for hydroxylation is 1. The molecule has 0 radical (unpaired) electrons. The van der Waals surface area contributed by atoms with E-state index in [2.05, 4.69) is 36.1 Å². The maximum atomic E-state index is 5.58. The summed E-state index contributed by atoms with van der Waals surface area (Å²) in [6.07, 6.45) is 3.58. The molecule has 0 aliphatic heterocycles. The molecule has 0 spiro atoms. The highest BCUT2D eigenvalue weighted by atomic mass is 16.5. The van der Waals surface area contributed by atoms with Crippen molar-refractivity contribution in [2.45, 2.75) is 52.5 Å². The zero-order valence-corrected chi connectivity index (χ0v) is 11.8. The van der Waals surface area contributed by atoms with E-state index in [4.69, 9.17) is 4.74 Å². The van der Waals surface area contributed by atoms with Gasteiger partial charge in [-0.2, -0.15) is 4.98 Å². The third-order valence-electron chi connectivity index (χ3n) is 3.32. The molecule has 0 unspecified atom stereocenters. The maximum Gasteiger partial charge on any atom is 0.226 e. The lowest BCUT2D eigenvalue weighted by Gasteiger charge is -2.26. The molecule has 18 heavy (non-hydrogen) atoms. The third-order valence-corrected chi connectivity index (χ3v) is 3.32. The van der Waals surface area contributed by atoms with Gasteiger partial charge in [-0.3, -0.25) is 0 Å². The monoisotopic (exact) mass is 249 g/mol. The van der Waals surface area contributed by atoms with Gasteiger partial charge in [0, 0.05) is 17.3 Å². The van der Waals surface area contributed by atoms with E-state index >= 15 is 0 Å². The Bertz CT molecular complexity index is 414. The molecular weight excluding hydrogens is 226 g/mol. The molecule has 1 aliphatic carbocycles. The Hall–Kier alpha value is -1.32. The first kappa shape index (κ1) is 13.1. The van der Waals surface area contributed by atoms with E-state index in [9.17, 15) is 0 Å². The minimum absolute atomic E-state index is 0.0653. The molecule has 0 atom stereocenters. The minimum atomic E-state index is 0.0653. The van der Waals surface area contributed by atoms with Gasteiger partial charge in [-0.25, -0.2) is 4.98 Å². The molecule has 4 heteroatoms. The SMILES string of the molecule is CCCOc1cc(C)nc(NC(C)(C)C2CC2)n1. The first-order valence-corrected chi connectivity index (χ1v) is 6.78. The van der Waals surface area contributed by atoms with Crippen LogP contribution in [-0.4, -0.2) is 22.1 Å². The van der Waals surface area contributed by atoms with Crippen LogP contribution in [0.15, 0.2) is 6.07 Å². The molecule has 1 aromatic heterocycles. The zero-order valence-electron chi connectivity index (χ0n) is 11.8. The van der Waals surface area contributed by atoms with Crippen molar-refractivity contribution < 1.29 is 4.74 Å². The molecule has 0 saturated heterocycles. The molecular formula is C14H23N3O. The van der Waals surface area contributed by atoms with Crippen LogP contribution in [0.25, 0.3) is 0 Å². The van der Waals surface area contributed by atoms with Crippen molar-refractivity contribution in [2.75, 3.05) is 11.9 Å². The largest absolute Gasteiger partial charge is 0.478 e. The van der Waals surface area contributed by atoms with Crippen LogP contribution in [-0.2, 0) is 0 Å². The first-order chi connectivity index (χ1) is 8.51. The van der Waals surface area contributed by atoms with Gasteiger partial charge in [-0.15, -0.1) is 0 Å². The lowest BCUT2D eigenvalue weighted by Crippen LogP contribution is -2.34. The highest BCUT2D eigenvalue weighted by Gasteiger charge is 2.38. The van der Waals surface area contributed by atoms with Crippen molar-refractivity contribution in [1.29, 1.82) is 0 Å². The molecule has 0 amide bonds. The van der Waals surface area contributed by atoms with Crippen LogP contribution < -0.4 is 10.1 Å². The molecule has 1 fully saturated rings. The Labute approximate surface area is 109 Å². The molecule has 0 aromatic carbocycles. The lowest BCUT2D eigenvalue weighted by molar-refractivity contribution is 0.304. The summed E-state index contributed by atoms with van der Waals surface area (Å²) in [6, 6.07) is 1.88. The summed E-state index contributed by atoms with van der Waals surface area (Å²) in [6.45, 7) is 9.17. The van der Waals surface area contributed by atoms with E-state index in [0.29, 0.717) is 18.4 Å². The lowest BCUT2D eigenvalue weighted by atomic mass is 9.99. The second-order valence-electron chi connectivity index (χ2n) is 5.64. The summed E-state index contributed by atoms with van der Waals surface area (Å²) in [5.41, 5.74) is 1.00. The summed E-state index contributed by atoms with van der Waals surface area (Å²) < 4.78 is 5.58. The number of nitrogens with zero attached hydrogens (tertiary/aromatic N) is 2. The van der Waals surface area contributed by atoms with E-state index in [1.54, 1.807) is 0 Å². The van der Waals surface area contributed by atoms with Crippen LogP contribution in [0, 0.1) is 12.8 Å². The number of anilines is 1. The second kappa shape index (κ2) is 5.12. The fourth-order valence-electron chi connectivity index (χ4n) is 2.07. The van der Waals surface area contributed by atoms with Crippen molar-refractivity contribution in [3.63, 3.8) is 0 Å². The number of hydrogen-bond acceptors (Lipinski definition) is 4. The summed E-state index contributed by atoms with van der Waals surface area (Å²) in [5.74, 6) is 2.08. The Kier molecular flexibility index (Phi) is 3.73. The van der Waals surface area contributed by atoms with Gasteiger partial charge in [0.05, 0.1) is 6.61 Å². The molecule has 1 saturated carbocycles. The van der Waals surface area contributed by atoms with Crippen LogP contribution in [0.1, 0.15) is 45.7 Å². The number of hydrogen-bond donors (Lipinski definition) is 1. The average Bonchev–Trinajstić information content (AvgIpc) is 3.08. The van der Waals surface area contributed by atoms with Crippen molar-refractivity contribution >= 4 is 5.95 Å². The topological polar surface area (TPSA) is 47.0 Å². The molecule has 1 aliphatic rings. The Morgan fingerprint density at radius 3 is 2.72 bits per heavy atom. The quantitative estimate of drug-likeness (QED) is 0.841. The molecule has 0 bridgehead atoms. The standard InChI is InChI=1S/C14H23N3O/c1-5-8-18-12-9-10(2)15-13(16-12)17-14(3,4)11-6-7-11/h9,11H,5-8H2,1-4H3,(H,15,16,17). The summed E-state index contributed by atoms with van der Waals surface area (Å²) in [4.78, 5) is 8.86. The van der Waals surface area contributed by atoms with Gasteiger partial charge in [0.25, 0.3) is 0 Å². The van der Waals surface area contributed by atoms with Gasteiger partial charge in [-0.1, -0.05) is 6.92 Å². The Morgan fingerprint density at radius 1 is 1.39 bits per heavy atom. The molecule has 100 valence electrons. The summed E-state index contributed by atoms with van der Waals surface area (Å²) >= 11 is 0. The van der Waals surface area contributed by atoms with Crippen LogP contribution >= 0.6 is 0 Å². The van der Waals surface area contributed by atoms with Crippen LogP contribution in [0.5, 0.6) is 5.88 Å². The maximum absolute atomic E-state index is 5.58. The van der Waals surface area contributed by atoms with Crippen LogP contribution in [0.2, 0.25) is 0 Å². The van der Waals surface area contributed by atoms with E-state index in [1.807, 2.05) is 13.0 Å². The molecule has 1 aromatic rings. The summed E-state index contributed by atoms with van der Waals surface area (Å²) in [5, 5.41) is 3.44. The normalized spacial score (nSPS) is 15.6. The van der Waals surface area contributed by atoms with Crippen LogP contribution in [0.3, 0.4) is 0 Å². The van der Waals surface area contributed by atoms with Crippen LogP contribution in [0.4, 0.5) is 5.95 Å². The molecule has 4 nitrogen and oxygen atoms in total. The van der Waals surface area contributed by atoms with Gasteiger partial charge in [0.2, 0.25) is 11.8 Å². The highest BCUT2D eigenvalue weighted by Crippen LogP contribution is 2.40. The second-order valence-corrected chi connectivity index (χ2v) is 5.64. The molecule has 1 heterocycles. The fraction of sp³-hybridized carbons (Fsp3) is 0.714. The van der Waals surface area contributed by atoms with Crippen molar-refractivity contribution in [3.8, 4) is 5.88 Å². The average molecular weight is 249 g/mol. The van der Waals surface area contributed by atoms with Crippen molar-refractivity contribution in [2.24, 2.45) is 5.92 Å². The third kappa shape index (κ3) is 3.34. The Morgan fingerprint density at radius 2 is 2.11 bits per heavy atom. The van der Waals surface area contributed by atoms with E-state index in [0.717, 1.165) is 18.0 Å². The highest BCUT2D eigenvalue weighted by molar-refractivity contribution is 5.34.